The van der Waals surface area contributed by atoms with Crippen molar-refractivity contribution < 1.29 is 19.4 Å². The van der Waals surface area contributed by atoms with Gasteiger partial charge in [-0.15, -0.1) is 0 Å². The van der Waals surface area contributed by atoms with E-state index >= 15 is 0 Å². The first-order chi connectivity index (χ1) is 20.0. The van der Waals surface area contributed by atoms with Crippen molar-refractivity contribution in [2.24, 2.45) is 0 Å². The molecular formula is C32H35BrN4O4. The molecule has 1 heterocycles. The van der Waals surface area contributed by atoms with Gasteiger partial charge in [-0.25, -0.2) is 4.79 Å². The number of phenols is 1. The van der Waals surface area contributed by atoms with Crippen LogP contribution >= 0.6 is 15.9 Å². The summed E-state index contributed by atoms with van der Waals surface area (Å²) in [5.74, 6) is -0.140. The summed E-state index contributed by atoms with van der Waals surface area (Å²) in [6.45, 7) is 1.33. The number of carbonyl (C=O) groups excluding carboxylic acids is 2. The molecule has 2 atom stereocenters. The molecule has 0 bridgehead atoms. The number of aromatic amines is 1. The second-order valence-corrected chi connectivity index (χ2v) is 11.3. The Morgan fingerprint density at radius 2 is 1.83 bits per heavy atom. The molecular weight excluding hydrogens is 584 g/mol. The number of alkyl carbamates (subject to hydrolysis) is 1. The van der Waals surface area contributed by atoms with Crippen molar-refractivity contribution in [2.45, 2.75) is 50.8 Å². The number of phenolic OH excluding ortho intramolecular Hbond substituents is 1. The average Bonchev–Trinajstić information content (AvgIpc) is 3.35. The third-order valence-corrected chi connectivity index (χ3v) is 7.90. The molecule has 4 aromatic rings. The highest BCUT2D eigenvalue weighted by molar-refractivity contribution is 9.10. The molecule has 2 unspecified atom stereocenters. The lowest BCUT2D eigenvalue weighted by Crippen LogP contribution is -2.48. The molecule has 214 valence electrons. The number of rotatable bonds is 11. The quantitative estimate of drug-likeness (QED) is 0.139. The van der Waals surface area contributed by atoms with E-state index in [1.165, 1.54) is 16.6 Å². The van der Waals surface area contributed by atoms with Crippen LogP contribution in [0, 0.1) is 0 Å². The lowest BCUT2D eigenvalue weighted by atomic mass is 9.91. The van der Waals surface area contributed by atoms with E-state index in [9.17, 15) is 14.7 Å². The lowest BCUT2D eigenvalue weighted by molar-refractivity contribution is -0.123. The third-order valence-electron chi connectivity index (χ3n) is 7.41. The van der Waals surface area contributed by atoms with Crippen molar-refractivity contribution in [2.75, 3.05) is 13.1 Å². The summed E-state index contributed by atoms with van der Waals surface area (Å²) in [4.78, 5) is 29.3. The van der Waals surface area contributed by atoms with Crippen LogP contribution in [-0.2, 0) is 29.0 Å². The standard InChI is InChI=1S/C32H35BrN4O4/c33-23-12-15-27-26(19-23)25-8-4-9-28(30(25)36-27)34-16-5-17-35-31(39)29(18-21-10-13-24(38)14-11-21)37-32(40)41-20-22-6-2-1-3-7-22/h1-3,6-7,10-15,19,28-29,34,36,38H,4-5,8-9,16-18,20H2,(H,35,39)(H,37,40). The molecule has 0 saturated carbocycles. The summed E-state index contributed by atoms with van der Waals surface area (Å²) in [6.07, 6.45) is 3.62. The molecule has 2 amide bonds. The number of amides is 2. The van der Waals surface area contributed by atoms with E-state index in [0.717, 1.165) is 53.3 Å². The Bertz CT molecular complexity index is 1470. The highest BCUT2D eigenvalue weighted by atomic mass is 79.9. The summed E-state index contributed by atoms with van der Waals surface area (Å²) in [7, 11) is 0. The Morgan fingerprint density at radius 3 is 2.63 bits per heavy atom. The summed E-state index contributed by atoms with van der Waals surface area (Å²) in [5, 5.41) is 20.2. The summed E-state index contributed by atoms with van der Waals surface area (Å²) >= 11 is 3.59. The Morgan fingerprint density at radius 1 is 1.02 bits per heavy atom. The van der Waals surface area contributed by atoms with Gasteiger partial charge >= 0.3 is 6.09 Å². The third kappa shape index (κ3) is 7.68. The van der Waals surface area contributed by atoms with Crippen LogP contribution in [0.4, 0.5) is 4.79 Å². The van der Waals surface area contributed by atoms with E-state index in [1.54, 1.807) is 24.3 Å². The number of H-pyrrole nitrogens is 1. The lowest BCUT2D eigenvalue weighted by Gasteiger charge is -2.24. The fraction of sp³-hybridized carbons (Fsp3) is 0.312. The minimum atomic E-state index is -0.817. The number of nitrogens with one attached hydrogen (secondary N) is 4. The molecule has 1 aromatic heterocycles. The van der Waals surface area contributed by atoms with Crippen LogP contribution in [0.15, 0.2) is 77.3 Å². The zero-order valence-corrected chi connectivity index (χ0v) is 24.4. The number of aryl methyl sites for hydroxylation is 1. The van der Waals surface area contributed by atoms with Gasteiger partial charge in [0, 0.05) is 40.1 Å². The molecule has 0 radical (unpaired) electrons. The van der Waals surface area contributed by atoms with E-state index in [-0.39, 0.29) is 30.7 Å². The fourth-order valence-corrected chi connectivity index (χ4v) is 5.68. The summed E-state index contributed by atoms with van der Waals surface area (Å²) < 4.78 is 6.43. The van der Waals surface area contributed by atoms with Gasteiger partial charge in [0.1, 0.15) is 18.4 Å². The number of fused-ring (bicyclic) bond motifs is 3. The Hall–Kier alpha value is -3.82. The maximum Gasteiger partial charge on any atom is 0.408 e. The minimum absolute atomic E-state index is 0.114. The van der Waals surface area contributed by atoms with Crippen LogP contribution < -0.4 is 16.0 Å². The first-order valence-corrected chi connectivity index (χ1v) is 14.8. The largest absolute Gasteiger partial charge is 0.508 e. The predicted molar refractivity (Wildman–Crippen MR) is 163 cm³/mol. The van der Waals surface area contributed by atoms with Crippen LogP contribution in [0.1, 0.15) is 47.7 Å². The Balaban J connectivity index is 1.13. The first-order valence-electron chi connectivity index (χ1n) is 14.0. The van der Waals surface area contributed by atoms with Crippen LogP contribution in [-0.4, -0.2) is 41.2 Å². The highest BCUT2D eigenvalue weighted by Crippen LogP contribution is 2.35. The number of ether oxygens (including phenoxy) is 1. The van der Waals surface area contributed by atoms with Crippen LogP contribution in [0.3, 0.4) is 0 Å². The monoisotopic (exact) mass is 618 g/mol. The minimum Gasteiger partial charge on any atom is -0.508 e. The van der Waals surface area contributed by atoms with Crippen LogP contribution in [0.25, 0.3) is 10.9 Å². The molecule has 41 heavy (non-hydrogen) atoms. The molecule has 1 aliphatic rings. The zero-order chi connectivity index (χ0) is 28.6. The van der Waals surface area contributed by atoms with E-state index in [2.05, 4.69) is 55.1 Å². The number of benzene rings is 3. The van der Waals surface area contributed by atoms with Gasteiger partial charge in [0.2, 0.25) is 5.91 Å². The molecule has 0 saturated heterocycles. The second-order valence-electron chi connectivity index (χ2n) is 10.4. The average molecular weight is 620 g/mol. The van der Waals surface area contributed by atoms with E-state index in [1.807, 2.05) is 30.3 Å². The van der Waals surface area contributed by atoms with Gasteiger partial charge in [-0.1, -0.05) is 58.4 Å². The van der Waals surface area contributed by atoms with Crippen molar-refractivity contribution in [1.29, 1.82) is 0 Å². The number of halogens is 1. The van der Waals surface area contributed by atoms with E-state index < -0.39 is 12.1 Å². The molecule has 9 heteroatoms. The SMILES string of the molecule is O=C(NC(Cc1ccc(O)cc1)C(=O)NCCCNC1CCCc2c1[nH]c1ccc(Br)cc21)OCc1ccccc1. The van der Waals surface area contributed by atoms with E-state index in [4.69, 9.17) is 4.74 Å². The van der Waals surface area contributed by atoms with Gasteiger partial charge in [-0.2, -0.15) is 0 Å². The normalized spacial score (nSPS) is 15.2. The van der Waals surface area contributed by atoms with Gasteiger partial charge < -0.3 is 30.8 Å². The highest BCUT2D eigenvalue weighted by Gasteiger charge is 2.24. The van der Waals surface area contributed by atoms with Crippen LogP contribution in [0.2, 0.25) is 0 Å². The number of hydrogen-bond acceptors (Lipinski definition) is 5. The molecule has 5 N–H and O–H groups in total. The molecule has 0 fully saturated rings. The predicted octanol–water partition coefficient (Wildman–Crippen LogP) is 5.65. The number of aromatic hydroxyl groups is 1. The van der Waals surface area contributed by atoms with E-state index in [0.29, 0.717) is 6.54 Å². The van der Waals surface area contributed by atoms with Crippen LogP contribution in [0.5, 0.6) is 5.75 Å². The van der Waals surface area contributed by atoms with Gasteiger partial charge in [-0.3, -0.25) is 4.79 Å². The molecule has 5 rings (SSSR count). The molecule has 0 spiro atoms. The van der Waals surface area contributed by atoms with Crippen molar-refractivity contribution >= 4 is 38.8 Å². The summed E-state index contributed by atoms with van der Waals surface area (Å²) in [6, 6.07) is 21.8. The van der Waals surface area contributed by atoms with Gasteiger partial charge in [0.15, 0.2) is 0 Å². The molecule has 0 aliphatic heterocycles. The second kappa shape index (κ2) is 13.7. The molecule has 1 aliphatic carbocycles. The van der Waals surface area contributed by atoms with Gasteiger partial charge in [0.05, 0.1) is 0 Å². The van der Waals surface area contributed by atoms with Gasteiger partial charge in [0.25, 0.3) is 0 Å². The number of hydrogen-bond donors (Lipinski definition) is 5. The topological polar surface area (TPSA) is 115 Å². The smallest absolute Gasteiger partial charge is 0.408 e. The Labute approximate surface area is 248 Å². The Kier molecular flexibility index (Phi) is 9.59. The maximum absolute atomic E-state index is 13.1. The molecule has 8 nitrogen and oxygen atoms in total. The number of carbonyl (C=O) groups is 2. The maximum atomic E-state index is 13.1. The van der Waals surface area contributed by atoms with Gasteiger partial charge in [-0.05, 0) is 79.3 Å². The zero-order valence-electron chi connectivity index (χ0n) is 22.8. The first kappa shape index (κ1) is 28.7. The van der Waals surface area contributed by atoms with Crippen molar-refractivity contribution in [3.63, 3.8) is 0 Å². The van der Waals surface area contributed by atoms with Crippen molar-refractivity contribution in [3.05, 3.63) is 99.7 Å². The van der Waals surface area contributed by atoms with Crippen molar-refractivity contribution in [3.8, 4) is 5.75 Å². The summed E-state index contributed by atoms with van der Waals surface area (Å²) in [5.41, 5.74) is 5.49. The molecule has 3 aromatic carbocycles. The fourth-order valence-electron chi connectivity index (χ4n) is 5.32. The number of aromatic nitrogens is 1. The van der Waals surface area contributed by atoms with Crippen molar-refractivity contribution in [1.82, 2.24) is 20.9 Å².